The highest BCUT2D eigenvalue weighted by Crippen LogP contribution is 2.38. The van der Waals surface area contributed by atoms with Crippen molar-refractivity contribution in [3.05, 3.63) is 101 Å². The fraction of sp³-hybridized carbons (Fsp3) is 0.0870. The quantitative estimate of drug-likeness (QED) is 0.637. The highest BCUT2D eigenvalue weighted by molar-refractivity contribution is 6.30. The SMILES string of the molecule is COc1ccc(C2=C(c3ccccc3)C(c3ccc(Cl)cc3)NC(=O)N2)cc1. The summed E-state index contributed by atoms with van der Waals surface area (Å²) in [5.74, 6) is 0.764. The van der Waals surface area contributed by atoms with Crippen LogP contribution in [0, 0.1) is 0 Å². The number of hydrogen-bond acceptors (Lipinski definition) is 2. The molecule has 2 amide bonds. The monoisotopic (exact) mass is 390 g/mol. The summed E-state index contributed by atoms with van der Waals surface area (Å²) in [6, 6.07) is 24.7. The molecule has 1 aliphatic rings. The van der Waals surface area contributed by atoms with E-state index in [9.17, 15) is 4.79 Å². The van der Waals surface area contributed by atoms with Gasteiger partial charge in [0.05, 0.1) is 18.8 Å². The van der Waals surface area contributed by atoms with Crippen molar-refractivity contribution in [2.45, 2.75) is 6.04 Å². The predicted molar refractivity (Wildman–Crippen MR) is 112 cm³/mol. The van der Waals surface area contributed by atoms with Crippen LogP contribution in [-0.2, 0) is 0 Å². The van der Waals surface area contributed by atoms with E-state index in [0.717, 1.165) is 33.7 Å². The third-order valence-electron chi connectivity index (χ3n) is 4.74. The summed E-state index contributed by atoms with van der Waals surface area (Å²) in [4.78, 5) is 12.5. The maximum absolute atomic E-state index is 12.5. The summed E-state index contributed by atoms with van der Waals surface area (Å²) in [6.07, 6.45) is 0. The molecule has 0 aliphatic carbocycles. The zero-order valence-electron chi connectivity index (χ0n) is 15.3. The van der Waals surface area contributed by atoms with Crippen molar-refractivity contribution in [3.8, 4) is 5.75 Å². The molecule has 0 aromatic heterocycles. The molecule has 4 rings (SSSR count). The molecule has 3 aromatic carbocycles. The van der Waals surface area contributed by atoms with Crippen LogP contribution in [0.2, 0.25) is 5.02 Å². The van der Waals surface area contributed by atoms with E-state index in [0.29, 0.717) is 5.02 Å². The van der Waals surface area contributed by atoms with Gasteiger partial charge in [-0.15, -0.1) is 0 Å². The van der Waals surface area contributed by atoms with Crippen LogP contribution in [0.5, 0.6) is 5.75 Å². The molecule has 28 heavy (non-hydrogen) atoms. The van der Waals surface area contributed by atoms with Crippen LogP contribution in [0.15, 0.2) is 78.9 Å². The van der Waals surface area contributed by atoms with Gasteiger partial charge in [-0.05, 0) is 53.1 Å². The van der Waals surface area contributed by atoms with Crippen molar-refractivity contribution in [1.29, 1.82) is 0 Å². The zero-order valence-corrected chi connectivity index (χ0v) is 16.0. The Balaban J connectivity index is 1.91. The van der Waals surface area contributed by atoms with Crippen LogP contribution in [0.25, 0.3) is 11.3 Å². The lowest BCUT2D eigenvalue weighted by Gasteiger charge is -2.31. The number of benzene rings is 3. The first-order valence-corrected chi connectivity index (χ1v) is 9.30. The molecule has 0 radical (unpaired) electrons. The highest BCUT2D eigenvalue weighted by Gasteiger charge is 2.29. The van der Waals surface area contributed by atoms with Crippen LogP contribution in [0.1, 0.15) is 22.7 Å². The number of rotatable bonds is 4. The molecule has 140 valence electrons. The fourth-order valence-electron chi connectivity index (χ4n) is 3.38. The van der Waals surface area contributed by atoms with E-state index in [1.165, 1.54) is 0 Å². The van der Waals surface area contributed by atoms with Gasteiger partial charge in [-0.3, -0.25) is 0 Å². The Morgan fingerprint density at radius 2 is 1.54 bits per heavy atom. The van der Waals surface area contributed by atoms with Gasteiger partial charge >= 0.3 is 6.03 Å². The summed E-state index contributed by atoms with van der Waals surface area (Å²) in [5.41, 5.74) is 4.67. The number of ether oxygens (including phenoxy) is 1. The van der Waals surface area contributed by atoms with E-state index in [1.54, 1.807) is 7.11 Å². The van der Waals surface area contributed by atoms with Crippen LogP contribution in [0.3, 0.4) is 0 Å². The number of nitrogens with one attached hydrogen (secondary N) is 2. The molecule has 3 aromatic rings. The summed E-state index contributed by atoms with van der Waals surface area (Å²) in [5, 5.41) is 6.70. The molecule has 1 heterocycles. The lowest BCUT2D eigenvalue weighted by Crippen LogP contribution is -2.42. The zero-order chi connectivity index (χ0) is 19.5. The average Bonchev–Trinajstić information content (AvgIpc) is 2.74. The Kier molecular flexibility index (Phi) is 5.04. The number of hydrogen-bond donors (Lipinski definition) is 2. The lowest BCUT2D eigenvalue weighted by molar-refractivity contribution is 0.242. The summed E-state index contributed by atoms with van der Waals surface area (Å²) < 4.78 is 5.26. The summed E-state index contributed by atoms with van der Waals surface area (Å²) >= 11 is 6.06. The molecule has 1 atom stereocenters. The number of methoxy groups -OCH3 is 1. The van der Waals surface area contributed by atoms with Gasteiger partial charge in [0, 0.05) is 10.6 Å². The van der Waals surface area contributed by atoms with Gasteiger partial charge in [0.2, 0.25) is 0 Å². The molecule has 4 nitrogen and oxygen atoms in total. The molecule has 0 spiro atoms. The van der Waals surface area contributed by atoms with E-state index >= 15 is 0 Å². The summed E-state index contributed by atoms with van der Waals surface area (Å²) in [6.45, 7) is 0. The van der Waals surface area contributed by atoms with Crippen LogP contribution >= 0.6 is 11.6 Å². The van der Waals surface area contributed by atoms with Crippen molar-refractivity contribution in [2.24, 2.45) is 0 Å². The topological polar surface area (TPSA) is 50.4 Å². The lowest BCUT2D eigenvalue weighted by atomic mass is 9.88. The molecule has 1 unspecified atom stereocenters. The van der Waals surface area contributed by atoms with E-state index in [1.807, 2.05) is 78.9 Å². The Hall–Kier alpha value is -3.24. The normalized spacial score (nSPS) is 16.4. The van der Waals surface area contributed by atoms with Gasteiger partial charge in [0.15, 0.2) is 0 Å². The molecular weight excluding hydrogens is 372 g/mol. The fourth-order valence-corrected chi connectivity index (χ4v) is 3.51. The first kappa shape index (κ1) is 18.1. The number of carbonyl (C=O) groups excluding carboxylic acids is 1. The minimum atomic E-state index is -0.300. The number of urea groups is 1. The average molecular weight is 391 g/mol. The maximum atomic E-state index is 12.5. The van der Waals surface area contributed by atoms with Crippen molar-refractivity contribution in [3.63, 3.8) is 0 Å². The van der Waals surface area contributed by atoms with E-state index in [4.69, 9.17) is 16.3 Å². The highest BCUT2D eigenvalue weighted by atomic mass is 35.5. The van der Waals surface area contributed by atoms with Crippen LogP contribution in [-0.4, -0.2) is 13.1 Å². The Morgan fingerprint density at radius 1 is 0.857 bits per heavy atom. The molecule has 2 N–H and O–H groups in total. The maximum Gasteiger partial charge on any atom is 0.320 e. The number of carbonyl (C=O) groups is 1. The van der Waals surface area contributed by atoms with Gasteiger partial charge in [-0.25, -0.2) is 4.79 Å². The third kappa shape index (κ3) is 3.59. The van der Waals surface area contributed by atoms with Gasteiger partial charge in [-0.2, -0.15) is 0 Å². The van der Waals surface area contributed by atoms with Crippen molar-refractivity contribution in [2.75, 3.05) is 7.11 Å². The number of amides is 2. The molecule has 0 saturated heterocycles. The second kappa shape index (κ2) is 7.79. The molecule has 1 aliphatic heterocycles. The predicted octanol–water partition coefficient (Wildman–Crippen LogP) is 5.27. The smallest absolute Gasteiger partial charge is 0.320 e. The Bertz CT molecular complexity index is 1010. The van der Waals surface area contributed by atoms with Crippen LogP contribution in [0.4, 0.5) is 4.79 Å². The van der Waals surface area contributed by atoms with Crippen molar-refractivity contribution >= 4 is 28.9 Å². The third-order valence-corrected chi connectivity index (χ3v) is 4.99. The molecule has 0 bridgehead atoms. The van der Waals surface area contributed by atoms with Crippen molar-refractivity contribution < 1.29 is 9.53 Å². The molecule has 0 saturated carbocycles. The van der Waals surface area contributed by atoms with E-state index < -0.39 is 0 Å². The Morgan fingerprint density at radius 3 is 2.18 bits per heavy atom. The van der Waals surface area contributed by atoms with Gasteiger partial charge in [0.25, 0.3) is 0 Å². The van der Waals surface area contributed by atoms with Crippen LogP contribution < -0.4 is 15.4 Å². The van der Waals surface area contributed by atoms with Gasteiger partial charge in [0.1, 0.15) is 5.75 Å². The van der Waals surface area contributed by atoms with Crippen molar-refractivity contribution in [1.82, 2.24) is 10.6 Å². The number of halogens is 1. The van der Waals surface area contributed by atoms with Gasteiger partial charge in [-0.1, -0.05) is 54.1 Å². The Labute approximate surface area is 168 Å². The summed E-state index contributed by atoms with van der Waals surface area (Å²) in [7, 11) is 1.63. The van der Waals surface area contributed by atoms with Gasteiger partial charge < -0.3 is 15.4 Å². The minimum absolute atomic E-state index is 0.245. The second-order valence-electron chi connectivity index (χ2n) is 6.47. The minimum Gasteiger partial charge on any atom is -0.497 e. The first-order valence-electron chi connectivity index (χ1n) is 8.92. The first-order chi connectivity index (χ1) is 13.7. The molecule has 0 fully saturated rings. The second-order valence-corrected chi connectivity index (χ2v) is 6.90. The standard InChI is InChI=1S/C23H19ClN2O2/c1-28-19-13-9-17(10-14-19)22-20(15-5-3-2-4-6-15)21(25-23(27)26-22)16-7-11-18(24)12-8-16/h2-14,21H,1H3,(H2,25,26,27). The molecule has 5 heteroatoms. The molecular formula is C23H19ClN2O2. The van der Waals surface area contributed by atoms with E-state index in [-0.39, 0.29) is 12.1 Å². The van der Waals surface area contributed by atoms with E-state index in [2.05, 4.69) is 10.6 Å². The largest absolute Gasteiger partial charge is 0.497 e.